The van der Waals surface area contributed by atoms with Crippen LogP contribution in [0.15, 0.2) is 94.0 Å². The number of aromatic nitrogens is 1. The van der Waals surface area contributed by atoms with Crippen LogP contribution >= 0.6 is 31.9 Å². The van der Waals surface area contributed by atoms with Gasteiger partial charge in [-0.2, -0.15) is 0 Å². The molecule has 2 atom stereocenters. The van der Waals surface area contributed by atoms with Gasteiger partial charge in [-0.15, -0.1) is 35.9 Å². The molecule has 0 bridgehead atoms. The molecule has 213 valence electrons. The number of fused-ring (bicyclic) bond motifs is 2. The molecule has 3 aromatic carbocycles. The molecule has 0 amide bonds. The molecule has 1 aliphatic rings. The van der Waals surface area contributed by atoms with Crippen LogP contribution in [0.1, 0.15) is 39.0 Å². The molecule has 5 rings (SSSR count). The summed E-state index contributed by atoms with van der Waals surface area (Å²) in [5.41, 5.74) is 4.15. The van der Waals surface area contributed by atoms with Crippen LogP contribution in [0.25, 0.3) is 11.3 Å². The van der Waals surface area contributed by atoms with Crippen molar-refractivity contribution in [2.75, 3.05) is 11.4 Å². The number of anilines is 2. The van der Waals surface area contributed by atoms with Crippen molar-refractivity contribution in [3.63, 3.8) is 0 Å². The van der Waals surface area contributed by atoms with Gasteiger partial charge in [0.2, 0.25) is 0 Å². The van der Waals surface area contributed by atoms with Crippen molar-refractivity contribution >= 4 is 43.2 Å². The Morgan fingerprint density at radius 1 is 0.875 bits per heavy atom. The summed E-state index contributed by atoms with van der Waals surface area (Å²) in [4.78, 5) is 6.52. The number of ether oxygens (including phenoxy) is 1. The van der Waals surface area contributed by atoms with E-state index in [0.29, 0.717) is 6.42 Å². The molecule has 8 heteroatoms. The fourth-order valence-electron chi connectivity index (χ4n) is 4.49. The molecule has 2 heterocycles. The van der Waals surface area contributed by atoms with Gasteiger partial charge in [-0.05, 0) is 74.3 Å². The van der Waals surface area contributed by atoms with E-state index in [2.05, 4.69) is 59.9 Å². The molecule has 1 radical (unpaired) electrons. The Morgan fingerprint density at radius 2 is 1.55 bits per heavy atom. The quantitative estimate of drug-likeness (QED) is 0.131. The van der Waals surface area contributed by atoms with Crippen molar-refractivity contribution in [1.29, 1.82) is 0 Å². The zero-order valence-corrected chi connectivity index (χ0v) is 27.8. The Morgan fingerprint density at radius 3 is 2.12 bits per heavy atom. The van der Waals surface area contributed by atoms with Gasteiger partial charge in [0, 0.05) is 41.8 Å². The topological polar surface area (TPSA) is 65.8 Å². The Bertz CT molecular complexity index is 1240. The van der Waals surface area contributed by atoms with Crippen LogP contribution in [-0.4, -0.2) is 33.9 Å². The van der Waals surface area contributed by atoms with Gasteiger partial charge < -0.3 is 24.8 Å². The first-order valence-corrected chi connectivity index (χ1v) is 14.8. The summed E-state index contributed by atoms with van der Waals surface area (Å²) in [7, 11) is 0. The molecule has 0 fully saturated rings. The molecule has 2 N–H and O–H groups in total. The van der Waals surface area contributed by atoms with E-state index in [9.17, 15) is 10.2 Å². The van der Waals surface area contributed by atoms with Gasteiger partial charge in [-0.3, -0.25) is 0 Å². The summed E-state index contributed by atoms with van der Waals surface area (Å²) in [5, 5.41) is 19.2. The summed E-state index contributed by atoms with van der Waals surface area (Å²) < 4.78 is 8.09. The van der Waals surface area contributed by atoms with E-state index in [1.165, 1.54) is 0 Å². The van der Waals surface area contributed by atoms with Crippen LogP contribution in [0.3, 0.4) is 0 Å². The third kappa shape index (κ3) is 9.51. The maximum Gasteiger partial charge on any atom is 0.152 e. The van der Waals surface area contributed by atoms with Crippen LogP contribution < -0.4 is 9.64 Å². The molecule has 5 nitrogen and oxygen atoms in total. The van der Waals surface area contributed by atoms with Crippen LogP contribution in [-0.2, 0) is 20.1 Å². The van der Waals surface area contributed by atoms with Gasteiger partial charge in [0.15, 0.2) is 11.5 Å². The van der Waals surface area contributed by atoms with E-state index in [1.807, 2.05) is 66.7 Å². The number of hydrogen-bond acceptors (Lipinski definition) is 5. The van der Waals surface area contributed by atoms with Gasteiger partial charge in [0.25, 0.3) is 0 Å². The average molecular weight is 846 g/mol. The summed E-state index contributed by atoms with van der Waals surface area (Å²) in [6.07, 6.45) is 5.13. The van der Waals surface area contributed by atoms with Crippen molar-refractivity contribution in [2.45, 2.75) is 51.2 Å². The molecule has 0 spiro atoms. The number of aliphatic hydroxyl groups excluding tert-OH is 2. The van der Waals surface area contributed by atoms with Crippen molar-refractivity contribution in [3.05, 3.63) is 100 Å². The number of nitrogens with zero attached hydrogens (tertiary/aromatic N) is 2. The van der Waals surface area contributed by atoms with E-state index >= 15 is 0 Å². The van der Waals surface area contributed by atoms with E-state index in [0.717, 1.165) is 75.3 Å². The molecule has 0 aliphatic carbocycles. The number of hydrogen-bond donors (Lipinski definition) is 2. The van der Waals surface area contributed by atoms with Crippen LogP contribution in [0, 0.1) is 6.07 Å². The summed E-state index contributed by atoms with van der Waals surface area (Å²) in [6.45, 7) is 2.60. The molecule has 0 saturated carbocycles. The predicted octanol–water partition coefficient (Wildman–Crippen LogP) is 8.69. The summed E-state index contributed by atoms with van der Waals surface area (Å²) in [6, 6.07) is 29.0. The number of unbranched alkanes of at least 4 members (excludes halogenated alkanes) is 2. The minimum absolute atomic E-state index is 0. The molecule has 2 unspecified atom stereocenters. The third-order valence-corrected chi connectivity index (χ3v) is 7.31. The second kappa shape index (κ2) is 16.4. The number of aliphatic hydroxyl groups is 2. The molecule has 1 aliphatic heterocycles. The predicted molar refractivity (Wildman–Crippen MR) is 165 cm³/mol. The Balaban J connectivity index is 0.000000283. The fourth-order valence-corrected chi connectivity index (χ4v) is 5.17. The first kappa shape index (κ1) is 32.5. The Kier molecular flexibility index (Phi) is 13.3. The van der Waals surface area contributed by atoms with E-state index in [1.54, 1.807) is 13.1 Å². The SMILES string of the molecule is CC(O)CC(O)CCCCCN1c2ccc(Br)cc2Oc2cc(Br)ccc21.[Ir].[c-]1ccccc1-c1ccccn1. The zero-order chi connectivity index (χ0) is 27.6. The molecular weight excluding hydrogens is 812 g/mol. The first-order chi connectivity index (χ1) is 18.9. The smallest absolute Gasteiger partial charge is 0.152 e. The second-order valence-electron chi connectivity index (χ2n) is 9.56. The Hall–Kier alpha value is -2.06. The number of benzene rings is 3. The normalized spacial score (nSPS) is 13.0. The van der Waals surface area contributed by atoms with E-state index in [4.69, 9.17) is 4.74 Å². The van der Waals surface area contributed by atoms with Gasteiger partial charge in [0.05, 0.1) is 23.6 Å². The maximum atomic E-state index is 9.88. The molecule has 1 aromatic heterocycles. The van der Waals surface area contributed by atoms with Crippen molar-refractivity contribution < 1.29 is 35.1 Å². The van der Waals surface area contributed by atoms with Gasteiger partial charge >= 0.3 is 0 Å². The number of rotatable bonds is 9. The first-order valence-electron chi connectivity index (χ1n) is 13.2. The molecule has 40 heavy (non-hydrogen) atoms. The van der Waals surface area contributed by atoms with Crippen molar-refractivity contribution in [2.24, 2.45) is 0 Å². The van der Waals surface area contributed by atoms with Gasteiger partial charge in [0.1, 0.15) is 0 Å². The second-order valence-corrected chi connectivity index (χ2v) is 11.4. The standard InChI is InChI=1S/C21H25Br2NO3.C11H8N.Ir/c1-14(25)11-17(26)5-3-2-4-10-24-18-8-6-15(22)12-20(18)27-21-13-16(23)7-9-19(21)24;1-2-6-10(7-3-1)11-8-4-5-9-12-11;/h6-9,12-14,17,25-26H,2-5,10-11H2,1H3;1-6,8-9H;/q;-1;. The Labute approximate surface area is 267 Å². The number of halogens is 2. The molecule has 0 saturated heterocycles. The van der Waals surface area contributed by atoms with Crippen molar-refractivity contribution in [3.8, 4) is 22.8 Å². The van der Waals surface area contributed by atoms with Crippen LogP contribution in [0.4, 0.5) is 11.4 Å². The average Bonchev–Trinajstić information content (AvgIpc) is 2.93. The number of pyridine rings is 1. The van der Waals surface area contributed by atoms with E-state index in [-0.39, 0.29) is 20.1 Å². The minimum Gasteiger partial charge on any atom is -0.453 e. The van der Waals surface area contributed by atoms with Crippen molar-refractivity contribution in [1.82, 2.24) is 4.98 Å². The summed E-state index contributed by atoms with van der Waals surface area (Å²) in [5.74, 6) is 1.70. The molecule has 4 aromatic rings. The fraction of sp³-hybridized carbons (Fsp3) is 0.281. The van der Waals surface area contributed by atoms with Gasteiger partial charge in [-0.25, -0.2) is 0 Å². The zero-order valence-electron chi connectivity index (χ0n) is 22.3. The van der Waals surface area contributed by atoms with E-state index < -0.39 is 12.2 Å². The summed E-state index contributed by atoms with van der Waals surface area (Å²) >= 11 is 7.04. The maximum absolute atomic E-state index is 9.88. The monoisotopic (exact) mass is 844 g/mol. The third-order valence-electron chi connectivity index (χ3n) is 6.33. The molecular formula is C32H33Br2IrN2O3-. The van der Waals surface area contributed by atoms with Crippen LogP contribution in [0.5, 0.6) is 11.5 Å². The van der Waals surface area contributed by atoms with Crippen LogP contribution in [0.2, 0.25) is 0 Å². The minimum atomic E-state index is -0.444. The largest absolute Gasteiger partial charge is 0.453 e. The van der Waals surface area contributed by atoms with Gasteiger partial charge in [-0.1, -0.05) is 56.8 Å².